The van der Waals surface area contributed by atoms with Gasteiger partial charge in [0.15, 0.2) is 19.0 Å². The van der Waals surface area contributed by atoms with Crippen LogP contribution in [-0.4, -0.2) is 30.9 Å². The van der Waals surface area contributed by atoms with Gasteiger partial charge in [-0.1, -0.05) is 0 Å². The lowest BCUT2D eigenvalue weighted by molar-refractivity contribution is -0.118. The van der Waals surface area contributed by atoms with Gasteiger partial charge in [0.2, 0.25) is 0 Å². The molecule has 0 bridgehead atoms. The number of aryl methyl sites for hydroxylation is 1. The first-order valence-electron chi connectivity index (χ1n) is 6.86. The Balaban J connectivity index is 1.65. The number of carbonyl (C=O) groups is 3. The van der Waals surface area contributed by atoms with Crippen LogP contribution in [-0.2, 0) is 9.53 Å². The summed E-state index contributed by atoms with van der Waals surface area (Å²) >= 11 is 1.31. The molecule has 23 heavy (non-hydrogen) atoms. The number of esters is 1. The maximum Gasteiger partial charge on any atom is 0.348 e. The summed E-state index contributed by atoms with van der Waals surface area (Å²) in [5, 5.41) is 2.63. The molecule has 3 rings (SSSR count). The summed E-state index contributed by atoms with van der Waals surface area (Å²) in [6, 6.07) is 8.17. The van der Waals surface area contributed by atoms with E-state index < -0.39 is 5.97 Å². The number of amides is 1. The number of Topliss-reactive ketones (excluding diaryl/α,β-unsaturated/α-hetero) is 1. The summed E-state index contributed by atoms with van der Waals surface area (Å²) in [7, 11) is 0. The average Bonchev–Trinajstić information content (AvgIpc) is 2.98. The van der Waals surface area contributed by atoms with Gasteiger partial charge in [0.1, 0.15) is 10.6 Å². The van der Waals surface area contributed by atoms with Gasteiger partial charge in [-0.15, -0.1) is 11.3 Å². The van der Waals surface area contributed by atoms with Gasteiger partial charge in [0.05, 0.1) is 5.69 Å². The van der Waals surface area contributed by atoms with E-state index in [-0.39, 0.29) is 24.9 Å². The molecule has 1 aromatic carbocycles. The lowest BCUT2D eigenvalue weighted by Gasteiger charge is -2.18. The first-order valence-corrected chi connectivity index (χ1v) is 7.68. The van der Waals surface area contributed by atoms with E-state index in [2.05, 4.69) is 5.32 Å². The van der Waals surface area contributed by atoms with E-state index in [1.807, 2.05) is 13.0 Å². The smallest absolute Gasteiger partial charge is 0.348 e. The first kappa shape index (κ1) is 15.2. The maximum atomic E-state index is 12.1. The van der Waals surface area contributed by atoms with Crippen LogP contribution in [0, 0.1) is 6.92 Å². The third-order valence-corrected chi connectivity index (χ3v) is 4.19. The van der Waals surface area contributed by atoms with Crippen LogP contribution >= 0.6 is 11.3 Å². The molecule has 118 valence electrons. The molecule has 7 heteroatoms. The molecule has 2 heterocycles. The summed E-state index contributed by atoms with van der Waals surface area (Å²) in [5.74, 6) is -0.644. The molecular weight excluding hydrogens is 318 g/mol. The van der Waals surface area contributed by atoms with E-state index in [9.17, 15) is 14.4 Å². The Morgan fingerprint density at radius 2 is 2.13 bits per heavy atom. The van der Waals surface area contributed by atoms with E-state index in [1.54, 1.807) is 18.2 Å². The van der Waals surface area contributed by atoms with Crippen molar-refractivity contribution in [1.82, 2.24) is 0 Å². The topological polar surface area (TPSA) is 81.7 Å². The molecule has 0 aliphatic carbocycles. The highest BCUT2D eigenvalue weighted by Gasteiger charge is 2.19. The molecule has 0 saturated heterocycles. The molecule has 1 aliphatic rings. The molecule has 0 radical (unpaired) electrons. The van der Waals surface area contributed by atoms with E-state index in [0.717, 1.165) is 4.88 Å². The standard InChI is InChI=1S/C16H13NO5S/c1-9-2-5-14(23-9)16(20)22-7-12(18)10-3-4-13-11(6-10)17-15(19)8-21-13/h2-6H,7-8H2,1H3,(H,17,19). The monoisotopic (exact) mass is 331 g/mol. The number of hydrogen-bond donors (Lipinski definition) is 1. The van der Waals surface area contributed by atoms with Gasteiger partial charge in [-0.25, -0.2) is 4.79 Å². The molecule has 1 N–H and O–H groups in total. The maximum absolute atomic E-state index is 12.1. The zero-order valence-corrected chi connectivity index (χ0v) is 13.1. The van der Waals surface area contributed by atoms with Crippen molar-refractivity contribution < 1.29 is 23.9 Å². The van der Waals surface area contributed by atoms with Crippen molar-refractivity contribution in [3.8, 4) is 5.75 Å². The molecule has 0 atom stereocenters. The number of carbonyl (C=O) groups excluding carboxylic acids is 3. The van der Waals surface area contributed by atoms with Gasteiger partial charge in [-0.2, -0.15) is 0 Å². The number of anilines is 1. The number of rotatable bonds is 4. The van der Waals surface area contributed by atoms with Crippen molar-refractivity contribution in [2.45, 2.75) is 6.92 Å². The fourth-order valence-electron chi connectivity index (χ4n) is 2.09. The van der Waals surface area contributed by atoms with Crippen molar-refractivity contribution in [3.05, 3.63) is 45.6 Å². The Morgan fingerprint density at radius 3 is 2.87 bits per heavy atom. The molecule has 1 aliphatic heterocycles. The second-order valence-corrected chi connectivity index (χ2v) is 6.25. The second kappa shape index (κ2) is 6.21. The van der Waals surface area contributed by atoms with Crippen LogP contribution in [0.5, 0.6) is 5.75 Å². The predicted octanol–water partition coefficient (Wildman–Crippen LogP) is 2.43. The lowest BCUT2D eigenvalue weighted by Crippen LogP contribution is -2.25. The van der Waals surface area contributed by atoms with Crippen LogP contribution in [0.25, 0.3) is 0 Å². The molecule has 1 amide bonds. The van der Waals surface area contributed by atoms with E-state index in [4.69, 9.17) is 9.47 Å². The Morgan fingerprint density at radius 1 is 1.30 bits per heavy atom. The SMILES string of the molecule is Cc1ccc(C(=O)OCC(=O)c2ccc3c(c2)NC(=O)CO3)s1. The average molecular weight is 331 g/mol. The van der Waals surface area contributed by atoms with Gasteiger partial charge in [-0.05, 0) is 37.3 Å². The van der Waals surface area contributed by atoms with Gasteiger partial charge >= 0.3 is 5.97 Å². The van der Waals surface area contributed by atoms with Gasteiger partial charge < -0.3 is 14.8 Å². The predicted molar refractivity (Wildman–Crippen MR) is 84.2 cm³/mol. The summed E-state index contributed by atoms with van der Waals surface area (Å²) in [5.41, 5.74) is 0.775. The fourth-order valence-corrected chi connectivity index (χ4v) is 2.85. The van der Waals surface area contributed by atoms with Crippen LogP contribution in [0.1, 0.15) is 24.9 Å². The molecule has 0 fully saturated rings. The number of thiophene rings is 1. The number of nitrogens with one attached hydrogen (secondary N) is 1. The Bertz CT molecular complexity index is 796. The van der Waals surface area contributed by atoms with Gasteiger partial charge in [-0.3, -0.25) is 9.59 Å². The summed E-state index contributed by atoms with van der Waals surface area (Å²) in [4.78, 5) is 36.7. The van der Waals surface area contributed by atoms with E-state index in [1.165, 1.54) is 17.4 Å². The number of fused-ring (bicyclic) bond motifs is 1. The second-order valence-electron chi connectivity index (χ2n) is 4.96. The Hall–Kier alpha value is -2.67. The van der Waals surface area contributed by atoms with E-state index >= 15 is 0 Å². The van der Waals surface area contributed by atoms with Crippen LogP contribution in [0.4, 0.5) is 5.69 Å². The Kier molecular flexibility index (Phi) is 4.12. The molecule has 0 saturated carbocycles. The molecule has 2 aromatic rings. The molecule has 0 unspecified atom stereocenters. The van der Waals surface area contributed by atoms with Crippen LogP contribution in [0.3, 0.4) is 0 Å². The van der Waals surface area contributed by atoms with Crippen molar-refractivity contribution >= 4 is 34.7 Å². The van der Waals surface area contributed by atoms with E-state index in [0.29, 0.717) is 21.9 Å². The van der Waals surface area contributed by atoms with Crippen molar-refractivity contribution in [2.24, 2.45) is 0 Å². The summed E-state index contributed by atoms with van der Waals surface area (Å²) in [6.45, 7) is 1.48. The van der Waals surface area contributed by atoms with Crippen LogP contribution < -0.4 is 10.1 Å². The summed E-state index contributed by atoms with van der Waals surface area (Å²) < 4.78 is 10.2. The Labute approximate surface area is 136 Å². The minimum atomic E-state index is -0.522. The molecule has 6 nitrogen and oxygen atoms in total. The first-order chi connectivity index (χ1) is 11.0. The zero-order valence-electron chi connectivity index (χ0n) is 12.3. The van der Waals surface area contributed by atoms with Crippen LogP contribution in [0.15, 0.2) is 30.3 Å². The highest BCUT2D eigenvalue weighted by Crippen LogP contribution is 2.28. The highest BCUT2D eigenvalue weighted by atomic mass is 32.1. The lowest BCUT2D eigenvalue weighted by atomic mass is 10.1. The van der Waals surface area contributed by atoms with Crippen molar-refractivity contribution in [3.63, 3.8) is 0 Å². The van der Waals surface area contributed by atoms with Crippen molar-refractivity contribution in [1.29, 1.82) is 0 Å². The fraction of sp³-hybridized carbons (Fsp3) is 0.188. The number of ether oxygens (including phenoxy) is 2. The minimum Gasteiger partial charge on any atom is -0.482 e. The highest BCUT2D eigenvalue weighted by molar-refractivity contribution is 7.13. The number of benzene rings is 1. The molecule has 1 aromatic heterocycles. The largest absolute Gasteiger partial charge is 0.482 e. The molecule has 0 spiro atoms. The van der Waals surface area contributed by atoms with Crippen molar-refractivity contribution in [2.75, 3.05) is 18.5 Å². The van der Waals surface area contributed by atoms with Crippen LogP contribution in [0.2, 0.25) is 0 Å². The zero-order chi connectivity index (χ0) is 16.4. The van der Waals surface area contributed by atoms with Gasteiger partial charge in [0, 0.05) is 10.4 Å². The minimum absolute atomic E-state index is 0.0435. The van der Waals surface area contributed by atoms with Gasteiger partial charge in [0.25, 0.3) is 5.91 Å². The normalized spacial score (nSPS) is 12.8. The third-order valence-electron chi connectivity index (χ3n) is 3.21. The summed E-state index contributed by atoms with van der Waals surface area (Å²) in [6.07, 6.45) is 0. The quantitative estimate of drug-likeness (QED) is 0.687. The number of ketones is 1. The third kappa shape index (κ3) is 3.40. The molecular formula is C16H13NO5S. The number of hydrogen-bond acceptors (Lipinski definition) is 6.